The molecule has 0 amide bonds. The summed E-state index contributed by atoms with van der Waals surface area (Å²) in [5, 5.41) is 0. The number of fused-ring (bicyclic) bond motifs is 1. The molecule has 0 radical (unpaired) electrons. The zero-order valence-electron chi connectivity index (χ0n) is 11.0. The summed E-state index contributed by atoms with van der Waals surface area (Å²) in [6.07, 6.45) is 14.4. The Morgan fingerprint density at radius 2 is 1.62 bits per heavy atom. The Morgan fingerprint density at radius 1 is 1.00 bits per heavy atom. The molecule has 2 fully saturated rings. The molecule has 16 heavy (non-hydrogen) atoms. The second kappa shape index (κ2) is 5.53. The summed E-state index contributed by atoms with van der Waals surface area (Å²) < 4.78 is 0. The van der Waals surface area contributed by atoms with Gasteiger partial charge in [-0.3, -0.25) is 0 Å². The van der Waals surface area contributed by atoms with Crippen molar-refractivity contribution in [3.8, 4) is 0 Å². The van der Waals surface area contributed by atoms with Gasteiger partial charge in [-0.15, -0.1) is 0 Å². The molecular formula is C15H29N. The third kappa shape index (κ3) is 3.00. The lowest BCUT2D eigenvalue weighted by Crippen LogP contribution is -2.28. The maximum absolute atomic E-state index is 6.01. The van der Waals surface area contributed by atoms with Crippen molar-refractivity contribution in [1.82, 2.24) is 0 Å². The van der Waals surface area contributed by atoms with Crippen molar-refractivity contribution >= 4 is 0 Å². The Balaban J connectivity index is 1.57. The van der Waals surface area contributed by atoms with Crippen LogP contribution in [0.4, 0.5) is 0 Å². The Kier molecular flexibility index (Phi) is 4.29. The average molecular weight is 223 g/mol. The van der Waals surface area contributed by atoms with Gasteiger partial charge in [-0.05, 0) is 49.5 Å². The van der Waals surface area contributed by atoms with Crippen LogP contribution in [-0.4, -0.2) is 6.54 Å². The van der Waals surface area contributed by atoms with Crippen molar-refractivity contribution in [2.75, 3.05) is 6.54 Å². The van der Waals surface area contributed by atoms with Gasteiger partial charge in [0.2, 0.25) is 0 Å². The molecule has 2 aliphatic rings. The van der Waals surface area contributed by atoms with Gasteiger partial charge in [0.15, 0.2) is 0 Å². The van der Waals surface area contributed by atoms with Crippen LogP contribution >= 0.6 is 0 Å². The molecule has 2 N–H and O–H groups in total. The molecule has 0 heterocycles. The molecule has 2 atom stereocenters. The fourth-order valence-electron chi connectivity index (χ4n) is 3.76. The van der Waals surface area contributed by atoms with Crippen LogP contribution in [0.2, 0.25) is 0 Å². The fraction of sp³-hybridized carbons (Fsp3) is 1.00. The van der Waals surface area contributed by atoms with Gasteiger partial charge < -0.3 is 5.73 Å². The summed E-state index contributed by atoms with van der Waals surface area (Å²) in [6, 6.07) is 0. The molecule has 0 spiro atoms. The number of hydrogen-bond acceptors (Lipinski definition) is 1. The lowest BCUT2D eigenvalue weighted by molar-refractivity contribution is 0.242. The molecular weight excluding hydrogens is 194 g/mol. The van der Waals surface area contributed by atoms with Crippen LogP contribution in [0.3, 0.4) is 0 Å². The van der Waals surface area contributed by atoms with Crippen molar-refractivity contribution in [3.05, 3.63) is 0 Å². The third-order valence-electron chi connectivity index (χ3n) is 4.95. The molecule has 0 saturated heterocycles. The van der Waals surface area contributed by atoms with Crippen molar-refractivity contribution in [1.29, 1.82) is 0 Å². The summed E-state index contributed by atoms with van der Waals surface area (Å²) >= 11 is 0. The van der Waals surface area contributed by atoms with Crippen LogP contribution in [0.5, 0.6) is 0 Å². The molecule has 0 bridgehead atoms. The van der Waals surface area contributed by atoms with Crippen LogP contribution in [0, 0.1) is 17.3 Å². The first kappa shape index (κ1) is 12.4. The monoisotopic (exact) mass is 223 g/mol. The average Bonchev–Trinajstić information content (AvgIpc) is 2.92. The zero-order valence-corrected chi connectivity index (χ0v) is 11.0. The van der Waals surface area contributed by atoms with E-state index in [4.69, 9.17) is 5.73 Å². The summed E-state index contributed by atoms with van der Waals surface area (Å²) in [5.41, 5.74) is 6.60. The predicted molar refractivity (Wildman–Crippen MR) is 70.3 cm³/mol. The van der Waals surface area contributed by atoms with E-state index in [9.17, 15) is 0 Å². The van der Waals surface area contributed by atoms with Gasteiger partial charge in [0.05, 0.1) is 0 Å². The van der Waals surface area contributed by atoms with Crippen LogP contribution in [0.1, 0.15) is 71.1 Å². The number of nitrogens with two attached hydrogens (primary N) is 1. The van der Waals surface area contributed by atoms with E-state index in [-0.39, 0.29) is 0 Å². The van der Waals surface area contributed by atoms with Gasteiger partial charge in [0.25, 0.3) is 0 Å². The first-order valence-corrected chi connectivity index (χ1v) is 7.50. The molecule has 2 aliphatic carbocycles. The lowest BCUT2D eigenvalue weighted by atomic mass is 9.78. The number of unbranched alkanes of at least 4 members (excludes halogenated alkanes) is 5. The van der Waals surface area contributed by atoms with Gasteiger partial charge in [-0.25, -0.2) is 0 Å². The zero-order chi connectivity index (χ0) is 11.4. The topological polar surface area (TPSA) is 26.0 Å². The second-order valence-electron chi connectivity index (χ2n) is 6.39. The standard InChI is InChI=1S/C15H29N/c1-2-3-4-5-6-7-8-15(12-16)10-13-9-14(13)11-15/h13-14H,2-12,16H2,1H3. The highest BCUT2D eigenvalue weighted by atomic mass is 14.7. The van der Waals surface area contributed by atoms with E-state index in [1.807, 2.05) is 0 Å². The molecule has 0 aliphatic heterocycles. The minimum absolute atomic E-state index is 0.582. The highest BCUT2D eigenvalue weighted by molar-refractivity contribution is 5.03. The predicted octanol–water partition coefficient (Wildman–Crippen LogP) is 4.11. The molecule has 2 rings (SSSR count). The van der Waals surface area contributed by atoms with Crippen molar-refractivity contribution in [2.24, 2.45) is 23.0 Å². The van der Waals surface area contributed by atoms with Gasteiger partial charge in [0.1, 0.15) is 0 Å². The van der Waals surface area contributed by atoms with Crippen LogP contribution in [-0.2, 0) is 0 Å². The van der Waals surface area contributed by atoms with E-state index in [0.717, 1.165) is 18.4 Å². The molecule has 2 unspecified atom stereocenters. The molecule has 0 aromatic heterocycles. The van der Waals surface area contributed by atoms with E-state index < -0.39 is 0 Å². The van der Waals surface area contributed by atoms with Crippen LogP contribution in [0.25, 0.3) is 0 Å². The second-order valence-corrected chi connectivity index (χ2v) is 6.39. The molecule has 2 saturated carbocycles. The maximum Gasteiger partial charge on any atom is -0.00203 e. The van der Waals surface area contributed by atoms with Crippen molar-refractivity contribution in [2.45, 2.75) is 71.1 Å². The Bertz CT molecular complexity index is 201. The largest absolute Gasteiger partial charge is 0.330 e. The van der Waals surface area contributed by atoms with E-state index in [2.05, 4.69) is 6.92 Å². The Morgan fingerprint density at radius 3 is 2.25 bits per heavy atom. The van der Waals surface area contributed by atoms with Crippen LogP contribution in [0.15, 0.2) is 0 Å². The summed E-state index contributed by atoms with van der Waals surface area (Å²) in [6.45, 7) is 3.24. The summed E-state index contributed by atoms with van der Waals surface area (Å²) in [4.78, 5) is 0. The lowest BCUT2D eigenvalue weighted by Gasteiger charge is -2.29. The van der Waals surface area contributed by atoms with E-state index in [1.165, 1.54) is 64.2 Å². The molecule has 94 valence electrons. The molecule has 0 aromatic carbocycles. The molecule has 1 heteroatoms. The number of rotatable bonds is 8. The van der Waals surface area contributed by atoms with E-state index >= 15 is 0 Å². The van der Waals surface area contributed by atoms with Gasteiger partial charge in [-0.2, -0.15) is 0 Å². The third-order valence-corrected chi connectivity index (χ3v) is 4.95. The minimum atomic E-state index is 0.582. The Hall–Kier alpha value is -0.0400. The van der Waals surface area contributed by atoms with Gasteiger partial charge in [-0.1, -0.05) is 45.4 Å². The first-order chi connectivity index (χ1) is 7.79. The quantitative estimate of drug-likeness (QED) is 0.616. The highest BCUT2D eigenvalue weighted by Gasteiger charge is 2.52. The SMILES string of the molecule is CCCCCCCCC1(CN)CC2CC2C1. The van der Waals surface area contributed by atoms with Crippen molar-refractivity contribution in [3.63, 3.8) is 0 Å². The minimum Gasteiger partial charge on any atom is -0.330 e. The molecule has 0 aromatic rings. The van der Waals surface area contributed by atoms with Gasteiger partial charge >= 0.3 is 0 Å². The smallest absolute Gasteiger partial charge is 0.00203 e. The van der Waals surface area contributed by atoms with Gasteiger partial charge in [0, 0.05) is 0 Å². The normalized spacial score (nSPS) is 36.4. The maximum atomic E-state index is 6.01. The number of hydrogen-bond donors (Lipinski definition) is 1. The summed E-state index contributed by atoms with van der Waals surface area (Å²) in [5.74, 6) is 2.17. The highest BCUT2D eigenvalue weighted by Crippen LogP contribution is 2.61. The fourth-order valence-corrected chi connectivity index (χ4v) is 3.76. The summed E-state index contributed by atoms with van der Waals surface area (Å²) in [7, 11) is 0. The Labute approximate surface area is 101 Å². The van der Waals surface area contributed by atoms with Crippen LogP contribution < -0.4 is 5.73 Å². The van der Waals surface area contributed by atoms with E-state index in [1.54, 1.807) is 0 Å². The first-order valence-electron chi connectivity index (χ1n) is 7.50. The van der Waals surface area contributed by atoms with Crippen molar-refractivity contribution < 1.29 is 0 Å². The molecule has 1 nitrogen and oxygen atoms in total. The van der Waals surface area contributed by atoms with E-state index in [0.29, 0.717) is 5.41 Å².